The number of sulfonamides is 1. The zero-order valence-electron chi connectivity index (χ0n) is 18.2. The molecule has 1 aliphatic heterocycles. The SMILES string of the molecule is CC(C)S(=O)(=O)N[C@@H]1CN(C(=O)c2cncc3cccnc23)CC[C@H]1c1cc(F)cc(F)c1. The van der Waals surface area contributed by atoms with Crippen LogP contribution in [0.1, 0.15) is 42.1 Å². The molecule has 33 heavy (non-hydrogen) atoms. The second-order valence-electron chi connectivity index (χ2n) is 8.43. The van der Waals surface area contributed by atoms with Crippen LogP contribution in [-0.2, 0) is 10.0 Å². The Morgan fingerprint density at radius 3 is 2.61 bits per heavy atom. The molecule has 174 valence electrons. The Balaban J connectivity index is 1.67. The molecule has 7 nitrogen and oxygen atoms in total. The lowest BCUT2D eigenvalue weighted by atomic mass is 9.85. The van der Waals surface area contributed by atoms with Crippen molar-refractivity contribution in [3.63, 3.8) is 0 Å². The van der Waals surface area contributed by atoms with Gasteiger partial charge in [-0.05, 0) is 50.1 Å². The van der Waals surface area contributed by atoms with Gasteiger partial charge < -0.3 is 4.90 Å². The van der Waals surface area contributed by atoms with Gasteiger partial charge in [-0.25, -0.2) is 21.9 Å². The van der Waals surface area contributed by atoms with Gasteiger partial charge in [-0.3, -0.25) is 14.8 Å². The highest BCUT2D eigenvalue weighted by molar-refractivity contribution is 7.90. The number of hydrogen-bond acceptors (Lipinski definition) is 5. The highest BCUT2D eigenvalue weighted by Crippen LogP contribution is 2.31. The Kier molecular flexibility index (Phi) is 6.40. The molecule has 2 aromatic heterocycles. The number of aromatic nitrogens is 2. The van der Waals surface area contributed by atoms with Gasteiger partial charge >= 0.3 is 0 Å². The normalized spacial score (nSPS) is 19.2. The standard InChI is InChI=1S/C23H24F2N4O3S/c1-14(2)33(31,32)28-21-13-29(7-5-19(21)16-8-17(24)10-18(25)9-16)23(30)20-12-26-11-15-4-3-6-27-22(15)20/h3-4,6,8-12,14,19,21,28H,5,7,13H2,1-2H3/t19-,21+/m0/s1. The smallest absolute Gasteiger partial charge is 0.257 e. The third kappa shape index (κ3) is 4.86. The largest absolute Gasteiger partial charge is 0.337 e. The Morgan fingerprint density at radius 2 is 1.91 bits per heavy atom. The Labute approximate surface area is 190 Å². The molecular formula is C23H24F2N4O3S. The molecule has 0 spiro atoms. The molecule has 0 bridgehead atoms. The van der Waals surface area contributed by atoms with Crippen LogP contribution in [0.3, 0.4) is 0 Å². The van der Waals surface area contributed by atoms with E-state index in [0.29, 0.717) is 28.5 Å². The molecule has 0 saturated carbocycles. The first kappa shape index (κ1) is 23.2. The number of rotatable bonds is 5. The van der Waals surface area contributed by atoms with Gasteiger partial charge in [-0.2, -0.15) is 0 Å². The predicted molar refractivity (Wildman–Crippen MR) is 120 cm³/mol. The molecule has 0 unspecified atom stereocenters. The van der Waals surface area contributed by atoms with E-state index in [2.05, 4.69) is 14.7 Å². The number of likely N-dealkylation sites (tertiary alicyclic amines) is 1. The van der Waals surface area contributed by atoms with E-state index in [1.165, 1.54) is 23.2 Å². The average Bonchev–Trinajstić information content (AvgIpc) is 2.77. The quantitative estimate of drug-likeness (QED) is 0.613. The summed E-state index contributed by atoms with van der Waals surface area (Å²) in [6.45, 7) is 3.40. The summed E-state index contributed by atoms with van der Waals surface area (Å²) in [5.41, 5.74) is 1.17. The summed E-state index contributed by atoms with van der Waals surface area (Å²) in [7, 11) is -3.71. The maximum Gasteiger partial charge on any atom is 0.257 e. The van der Waals surface area contributed by atoms with E-state index in [9.17, 15) is 22.0 Å². The van der Waals surface area contributed by atoms with Crippen molar-refractivity contribution in [1.82, 2.24) is 19.6 Å². The van der Waals surface area contributed by atoms with E-state index in [0.717, 1.165) is 6.07 Å². The summed E-state index contributed by atoms with van der Waals surface area (Å²) in [5, 5.41) is 0.00507. The first-order valence-corrected chi connectivity index (χ1v) is 12.2. The zero-order chi connectivity index (χ0) is 23.8. The number of carbonyl (C=O) groups is 1. The van der Waals surface area contributed by atoms with E-state index < -0.39 is 38.9 Å². The number of benzene rings is 1. The summed E-state index contributed by atoms with van der Waals surface area (Å²) in [5.74, 6) is -2.30. The first-order valence-electron chi connectivity index (χ1n) is 10.6. The fourth-order valence-corrected chi connectivity index (χ4v) is 5.05. The van der Waals surface area contributed by atoms with Crippen LogP contribution < -0.4 is 4.72 Å². The number of halogens is 2. The molecule has 0 radical (unpaired) electrons. The van der Waals surface area contributed by atoms with Crippen molar-refractivity contribution >= 4 is 26.8 Å². The topological polar surface area (TPSA) is 92.3 Å². The maximum atomic E-state index is 13.9. The second-order valence-corrected chi connectivity index (χ2v) is 10.7. The Bertz CT molecular complexity index is 1270. The van der Waals surface area contributed by atoms with E-state index in [1.807, 2.05) is 0 Å². The monoisotopic (exact) mass is 474 g/mol. The number of nitrogens with zero attached hydrogens (tertiary/aromatic N) is 3. The lowest BCUT2D eigenvalue weighted by Crippen LogP contribution is -2.54. The summed E-state index contributed by atoms with van der Waals surface area (Å²) >= 11 is 0. The van der Waals surface area contributed by atoms with E-state index in [-0.39, 0.29) is 19.0 Å². The molecule has 10 heteroatoms. The molecule has 1 fully saturated rings. The van der Waals surface area contributed by atoms with Crippen LogP contribution in [0.5, 0.6) is 0 Å². The minimum atomic E-state index is -3.71. The van der Waals surface area contributed by atoms with Crippen molar-refractivity contribution in [2.45, 2.75) is 37.5 Å². The molecule has 3 aromatic rings. The van der Waals surface area contributed by atoms with Gasteiger partial charge in [0.25, 0.3) is 5.91 Å². The zero-order valence-corrected chi connectivity index (χ0v) is 19.0. The minimum Gasteiger partial charge on any atom is -0.337 e. The maximum absolute atomic E-state index is 13.9. The van der Waals surface area contributed by atoms with Gasteiger partial charge in [0, 0.05) is 55.1 Å². The van der Waals surface area contributed by atoms with Crippen molar-refractivity contribution < 1.29 is 22.0 Å². The van der Waals surface area contributed by atoms with Crippen LogP contribution in [0, 0.1) is 11.6 Å². The van der Waals surface area contributed by atoms with Gasteiger partial charge in [-0.1, -0.05) is 0 Å². The number of fused-ring (bicyclic) bond motifs is 1. The minimum absolute atomic E-state index is 0.0385. The molecule has 3 heterocycles. The molecule has 1 N–H and O–H groups in total. The highest BCUT2D eigenvalue weighted by atomic mass is 32.2. The van der Waals surface area contributed by atoms with Crippen LogP contribution in [-0.4, -0.2) is 53.6 Å². The lowest BCUT2D eigenvalue weighted by Gasteiger charge is -2.39. The number of amides is 1. The fourth-order valence-electron chi connectivity index (χ4n) is 4.12. The van der Waals surface area contributed by atoms with Gasteiger partial charge in [0.15, 0.2) is 0 Å². The van der Waals surface area contributed by atoms with Crippen LogP contribution in [0.15, 0.2) is 48.9 Å². The number of nitrogens with one attached hydrogen (secondary N) is 1. The molecule has 0 aliphatic carbocycles. The summed E-state index contributed by atoms with van der Waals surface area (Å²) in [6, 6.07) is 5.98. The van der Waals surface area contributed by atoms with Gasteiger partial charge in [0.05, 0.1) is 16.3 Å². The number of piperidine rings is 1. The summed E-state index contributed by atoms with van der Waals surface area (Å²) in [4.78, 5) is 23.3. The van der Waals surface area contributed by atoms with Crippen LogP contribution in [0.4, 0.5) is 8.78 Å². The Morgan fingerprint density at radius 1 is 1.18 bits per heavy atom. The van der Waals surface area contributed by atoms with Crippen molar-refractivity contribution in [1.29, 1.82) is 0 Å². The predicted octanol–water partition coefficient (Wildman–Crippen LogP) is 3.23. The molecule has 1 aliphatic rings. The Hall–Kier alpha value is -2.98. The van der Waals surface area contributed by atoms with Crippen molar-refractivity contribution in [3.05, 3.63) is 71.7 Å². The van der Waals surface area contributed by atoms with Crippen LogP contribution in [0.25, 0.3) is 10.9 Å². The highest BCUT2D eigenvalue weighted by Gasteiger charge is 2.36. The third-order valence-electron chi connectivity index (χ3n) is 5.89. The van der Waals surface area contributed by atoms with Crippen molar-refractivity contribution in [2.75, 3.05) is 13.1 Å². The number of hydrogen-bond donors (Lipinski definition) is 1. The lowest BCUT2D eigenvalue weighted by molar-refractivity contribution is 0.0687. The fraction of sp³-hybridized carbons (Fsp3) is 0.348. The van der Waals surface area contributed by atoms with Crippen LogP contribution >= 0.6 is 0 Å². The van der Waals surface area contributed by atoms with Crippen molar-refractivity contribution in [3.8, 4) is 0 Å². The molecule has 1 saturated heterocycles. The van der Waals surface area contributed by atoms with E-state index in [4.69, 9.17) is 0 Å². The third-order valence-corrected chi connectivity index (χ3v) is 7.76. The van der Waals surface area contributed by atoms with Gasteiger partial charge in [-0.15, -0.1) is 0 Å². The van der Waals surface area contributed by atoms with Gasteiger partial charge in [0.2, 0.25) is 10.0 Å². The molecule has 1 aromatic carbocycles. The molecule has 1 amide bonds. The van der Waals surface area contributed by atoms with Gasteiger partial charge in [0.1, 0.15) is 11.6 Å². The average molecular weight is 475 g/mol. The number of carbonyl (C=O) groups excluding carboxylic acids is 1. The molecule has 2 atom stereocenters. The van der Waals surface area contributed by atoms with E-state index >= 15 is 0 Å². The van der Waals surface area contributed by atoms with Crippen molar-refractivity contribution in [2.24, 2.45) is 0 Å². The molecule has 4 rings (SSSR count). The summed E-state index contributed by atoms with van der Waals surface area (Å²) < 4.78 is 55.7. The summed E-state index contributed by atoms with van der Waals surface area (Å²) in [6.07, 6.45) is 4.97. The molecular weight excluding hydrogens is 450 g/mol. The van der Waals surface area contributed by atoms with Crippen LogP contribution in [0.2, 0.25) is 0 Å². The first-order chi connectivity index (χ1) is 15.7. The second kappa shape index (κ2) is 9.11. The van der Waals surface area contributed by atoms with E-state index in [1.54, 1.807) is 38.4 Å². The number of pyridine rings is 2.